The largest absolute Gasteiger partial charge is 0.338 e. The second-order valence-electron chi connectivity index (χ2n) is 7.36. The van der Waals surface area contributed by atoms with Gasteiger partial charge in [0.05, 0.1) is 5.56 Å². The van der Waals surface area contributed by atoms with Crippen LogP contribution in [0, 0.1) is 0 Å². The Balaban J connectivity index is 1.39. The van der Waals surface area contributed by atoms with Gasteiger partial charge in [0.15, 0.2) is 0 Å². The van der Waals surface area contributed by atoms with Crippen LogP contribution >= 0.6 is 0 Å². The maximum Gasteiger partial charge on any atom is 0.255 e. The van der Waals surface area contributed by atoms with E-state index in [0.717, 1.165) is 16.8 Å². The molecule has 3 aromatic heterocycles. The van der Waals surface area contributed by atoms with Gasteiger partial charge in [0.2, 0.25) is 0 Å². The minimum Gasteiger partial charge on any atom is -0.338 e. The van der Waals surface area contributed by atoms with E-state index < -0.39 is 5.92 Å². The highest BCUT2D eigenvalue weighted by molar-refractivity contribution is 5.97. The zero-order chi connectivity index (χ0) is 20.7. The van der Waals surface area contributed by atoms with Gasteiger partial charge < -0.3 is 9.47 Å². The first kappa shape index (κ1) is 18.4. The maximum absolute atomic E-state index is 13.4. The lowest BCUT2D eigenvalue weighted by Gasteiger charge is -2.31. The summed E-state index contributed by atoms with van der Waals surface area (Å²) in [5.74, 6) is -2.94. The number of benzene rings is 1. The Labute approximate surface area is 170 Å². The summed E-state index contributed by atoms with van der Waals surface area (Å²) in [7, 11) is 0. The summed E-state index contributed by atoms with van der Waals surface area (Å²) in [5, 5.41) is 8.42. The minimum atomic E-state index is -2.68. The van der Waals surface area contributed by atoms with Gasteiger partial charge in [-0.05, 0) is 36.4 Å². The molecule has 4 heterocycles. The predicted molar refractivity (Wildman–Crippen MR) is 106 cm³/mol. The molecule has 0 atom stereocenters. The molecule has 0 N–H and O–H groups in total. The number of amides is 1. The van der Waals surface area contributed by atoms with Crippen molar-refractivity contribution in [1.82, 2.24) is 29.2 Å². The number of rotatable bonds is 3. The number of hydrogen-bond acceptors (Lipinski definition) is 4. The first-order chi connectivity index (χ1) is 14.5. The number of carbonyl (C=O) groups is 1. The summed E-state index contributed by atoms with van der Waals surface area (Å²) in [6, 6.07) is 11.5. The molecule has 9 heteroatoms. The van der Waals surface area contributed by atoms with Gasteiger partial charge in [-0.2, -0.15) is 0 Å². The van der Waals surface area contributed by atoms with E-state index in [9.17, 15) is 13.6 Å². The minimum absolute atomic E-state index is 0.0592. The maximum atomic E-state index is 13.4. The lowest BCUT2D eigenvalue weighted by atomic mass is 10.1. The second kappa shape index (κ2) is 7.01. The quantitative estimate of drug-likeness (QED) is 0.521. The molecule has 1 aliphatic rings. The number of aromatic nitrogens is 5. The summed E-state index contributed by atoms with van der Waals surface area (Å²) >= 11 is 0. The highest BCUT2D eigenvalue weighted by Gasteiger charge is 2.35. The molecule has 0 aliphatic carbocycles. The van der Waals surface area contributed by atoms with Crippen LogP contribution in [-0.2, 0) is 0 Å². The van der Waals surface area contributed by atoms with Crippen molar-refractivity contribution in [3.63, 3.8) is 0 Å². The highest BCUT2D eigenvalue weighted by atomic mass is 19.3. The lowest BCUT2D eigenvalue weighted by Crippen LogP contribution is -2.42. The van der Waals surface area contributed by atoms with Crippen LogP contribution < -0.4 is 0 Å². The summed E-state index contributed by atoms with van der Waals surface area (Å²) in [6.07, 6.45) is 6.07. The lowest BCUT2D eigenvalue weighted by molar-refractivity contribution is -0.0494. The van der Waals surface area contributed by atoms with Gasteiger partial charge in [-0.3, -0.25) is 9.36 Å². The fourth-order valence-electron chi connectivity index (χ4n) is 3.69. The smallest absolute Gasteiger partial charge is 0.255 e. The topological polar surface area (TPSA) is 68.8 Å². The molecule has 152 valence electrons. The van der Waals surface area contributed by atoms with Gasteiger partial charge in [-0.15, -0.1) is 10.2 Å². The van der Waals surface area contributed by atoms with Crippen molar-refractivity contribution >= 4 is 16.9 Å². The predicted octanol–water partition coefficient (Wildman–Crippen LogP) is 3.48. The van der Waals surface area contributed by atoms with Crippen LogP contribution in [0.2, 0.25) is 0 Å². The molecule has 1 amide bonds. The summed E-state index contributed by atoms with van der Waals surface area (Å²) in [4.78, 5) is 18.7. The van der Waals surface area contributed by atoms with E-state index in [1.165, 1.54) is 11.1 Å². The van der Waals surface area contributed by atoms with Gasteiger partial charge in [0.1, 0.15) is 18.3 Å². The van der Waals surface area contributed by atoms with E-state index in [2.05, 4.69) is 15.2 Å². The normalized spacial score (nSPS) is 16.1. The summed E-state index contributed by atoms with van der Waals surface area (Å²) < 4.78 is 30.5. The molecular weight excluding hydrogens is 390 g/mol. The molecule has 1 fully saturated rings. The van der Waals surface area contributed by atoms with Gasteiger partial charge in [-0.25, -0.2) is 13.8 Å². The monoisotopic (exact) mass is 408 g/mol. The van der Waals surface area contributed by atoms with Crippen LogP contribution in [-0.4, -0.2) is 54.1 Å². The molecule has 5 rings (SSSR count). The van der Waals surface area contributed by atoms with Crippen molar-refractivity contribution in [3.05, 3.63) is 67.0 Å². The van der Waals surface area contributed by atoms with Crippen LogP contribution in [0.4, 0.5) is 8.78 Å². The van der Waals surface area contributed by atoms with Gasteiger partial charge in [-0.1, -0.05) is 0 Å². The molecule has 0 radical (unpaired) electrons. The third-order valence-corrected chi connectivity index (χ3v) is 5.40. The van der Waals surface area contributed by atoms with Crippen LogP contribution in [0.1, 0.15) is 23.2 Å². The van der Waals surface area contributed by atoms with Crippen LogP contribution in [0.3, 0.4) is 0 Å². The van der Waals surface area contributed by atoms with Gasteiger partial charge in [0.25, 0.3) is 11.8 Å². The molecule has 1 saturated heterocycles. The zero-order valence-corrected chi connectivity index (χ0v) is 15.9. The van der Waals surface area contributed by atoms with E-state index in [-0.39, 0.29) is 31.8 Å². The summed E-state index contributed by atoms with van der Waals surface area (Å²) in [6.45, 7) is 0.118. The third-order valence-electron chi connectivity index (χ3n) is 5.40. The number of nitrogens with zero attached hydrogens (tertiary/aromatic N) is 6. The number of pyridine rings is 1. The molecule has 0 saturated carbocycles. The Kier molecular flexibility index (Phi) is 4.30. The standard InChI is InChI=1S/C21H18F2N6O/c22-21(23)6-9-27(10-7-21)20(30)16-11-15-5-8-29(19(15)24-12-16)18-3-1-17(2-4-18)28-13-25-26-14-28/h1-5,8,11-14H,6-7,9-10H2. The Bertz CT molecular complexity index is 1190. The Morgan fingerprint density at radius 3 is 2.33 bits per heavy atom. The molecule has 1 aliphatic heterocycles. The second-order valence-corrected chi connectivity index (χ2v) is 7.36. The average molecular weight is 408 g/mol. The highest BCUT2D eigenvalue weighted by Crippen LogP contribution is 2.29. The van der Waals surface area contributed by atoms with Gasteiger partial charge in [0, 0.05) is 55.1 Å². The number of piperidine rings is 1. The molecule has 30 heavy (non-hydrogen) atoms. The van der Waals surface area contributed by atoms with Crippen molar-refractivity contribution in [1.29, 1.82) is 0 Å². The molecule has 4 aromatic rings. The number of fused-ring (bicyclic) bond motifs is 1. The first-order valence-corrected chi connectivity index (χ1v) is 9.60. The molecule has 1 aromatic carbocycles. The molecular formula is C21H18F2N6O. The van der Waals surface area contributed by atoms with Crippen molar-refractivity contribution in [2.45, 2.75) is 18.8 Å². The molecule has 0 spiro atoms. The zero-order valence-electron chi connectivity index (χ0n) is 15.9. The SMILES string of the molecule is O=C(c1cnc2c(ccn2-c2ccc(-n3cnnc3)cc2)c1)N1CCC(F)(F)CC1. The number of alkyl halides is 2. The van der Waals surface area contributed by atoms with Crippen molar-refractivity contribution in [2.24, 2.45) is 0 Å². The summed E-state index contributed by atoms with van der Waals surface area (Å²) in [5.41, 5.74) is 2.99. The Morgan fingerprint density at radius 1 is 0.967 bits per heavy atom. The molecule has 0 bridgehead atoms. The van der Waals surface area contributed by atoms with Crippen LogP contribution in [0.15, 0.2) is 61.4 Å². The Morgan fingerprint density at radius 2 is 1.63 bits per heavy atom. The van der Waals surface area contributed by atoms with Crippen molar-refractivity contribution in [2.75, 3.05) is 13.1 Å². The van der Waals surface area contributed by atoms with Crippen molar-refractivity contribution < 1.29 is 13.6 Å². The van der Waals surface area contributed by atoms with E-state index in [1.807, 2.05) is 45.7 Å². The van der Waals surface area contributed by atoms with Crippen LogP contribution in [0.5, 0.6) is 0 Å². The number of carbonyl (C=O) groups excluding carboxylic acids is 1. The molecule has 0 unspecified atom stereocenters. The van der Waals surface area contributed by atoms with E-state index in [4.69, 9.17) is 0 Å². The van der Waals surface area contributed by atoms with E-state index in [1.54, 1.807) is 18.7 Å². The number of halogens is 2. The van der Waals surface area contributed by atoms with E-state index >= 15 is 0 Å². The number of hydrogen-bond donors (Lipinski definition) is 0. The first-order valence-electron chi connectivity index (χ1n) is 9.60. The Hall–Kier alpha value is -3.62. The van der Waals surface area contributed by atoms with Crippen LogP contribution in [0.25, 0.3) is 22.4 Å². The molecule has 7 nitrogen and oxygen atoms in total. The van der Waals surface area contributed by atoms with Gasteiger partial charge >= 0.3 is 0 Å². The van der Waals surface area contributed by atoms with E-state index in [0.29, 0.717) is 11.2 Å². The fraction of sp³-hybridized carbons (Fsp3) is 0.238. The average Bonchev–Trinajstić information content (AvgIpc) is 3.43. The fourth-order valence-corrected chi connectivity index (χ4v) is 3.69. The third kappa shape index (κ3) is 3.32. The van der Waals surface area contributed by atoms with Crippen molar-refractivity contribution in [3.8, 4) is 11.4 Å². The number of likely N-dealkylation sites (tertiary alicyclic amines) is 1.